The van der Waals surface area contributed by atoms with Crippen LogP contribution in [0, 0.1) is 6.92 Å². The molecule has 0 aliphatic heterocycles. The number of benzene rings is 1. The third kappa shape index (κ3) is 21.4. The molecule has 0 saturated carbocycles. The Labute approximate surface area is 122 Å². The van der Waals surface area contributed by atoms with Crippen molar-refractivity contribution in [2.24, 2.45) is 0 Å². The Kier molecular flexibility index (Phi) is 13.9. The highest BCUT2D eigenvalue weighted by atomic mass is 16.5. The summed E-state index contributed by atoms with van der Waals surface area (Å²) in [5, 5.41) is 0. The molecule has 114 valence electrons. The maximum absolute atomic E-state index is 10.0. The second kappa shape index (κ2) is 13.6. The molecule has 0 aromatic heterocycles. The number of carbonyl (C=O) groups is 2. The molecule has 0 fully saturated rings. The van der Waals surface area contributed by atoms with Crippen molar-refractivity contribution < 1.29 is 19.1 Å². The van der Waals surface area contributed by atoms with Gasteiger partial charge in [0.15, 0.2) is 0 Å². The van der Waals surface area contributed by atoms with E-state index in [9.17, 15) is 9.59 Å². The van der Waals surface area contributed by atoms with Gasteiger partial charge in [-0.3, -0.25) is 9.59 Å². The molecular weight excluding hydrogens is 256 g/mol. The molecule has 0 saturated heterocycles. The van der Waals surface area contributed by atoms with Crippen LogP contribution in [-0.2, 0) is 19.1 Å². The molecular formula is C16H26O4. The largest absolute Gasteiger partial charge is 0.466 e. The van der Waals surface area contributed by atoms with Gasteiger partial charge in [-0.2, -0.15) is 0 Å². The summed E-state index contributed by atoms with van der Waals surface area (Å²) in [6.07, 6.45) is 0.0255. The van der Waals surface area contributed by atoms with E-state index in [2.05, 4.69) is 28.5 Å². The van der Waals surface area contributed by atoms with Crippen LogP contribution in [0.3, 0.4) is 0 Å². The fraction of sp³-hybridized carbons (Fsp3) is 0.500. The highest BCUT2D eigenvalue weighted by molar-refractivity contribution is 5.66. The molecule has 4 nitrogen and oxygen atoms in total. The lowest BCUT2D eigenvalue weighted by molar-refractivity contribution is -0.144. The predicted molar refractivity (Wildman–Crippen MR) is 80.4 cm³/mol. The molecule has 0 aliphatic rings. The van der Waals surface area contributed by atoms with Crippen molar-refractivity contribution in [3.8, 4) is 0 Å². The van der Waals surface area contributed by atoms with Gasteiger partial charge in [-0.05, 0) is 27.7 Å². The Hall–Kier alpha value is -1.84. The van der Waals surface area contributed by atoms with Gasteiger partial charge in [0, 0.05) is 13.8 Å². The first kappa shape index (κ1) is 20.5. The Balaban J connectivity index is 0. The maximum atomic E-state index is 10.0. The molecule has 1 aromatic rings. The molecule has 1 aromatic carbocycles. The summed E-state index contributed by atoms with van der Waals surface area (Å²) >= 11 is 0. The lowest BCUT2D eigenvalue weighted by Crippen LogP contribution is -2.06. The van der Waals surface area contributed by atoms with Crippen LogP contribution in [0.15, 0.2) is 30.3 Å². The maximum Gasteiger partial charge on any atom is 0.302 e. The minimum atomic E-state index is -0.213. The Bertz CT molecular complexity index is 358. The number of ether oxygens (including phenoxy) is 2. The van der Waals surface area contributed by atoms with E-state index in [1.165, 1.54) is 19.4 Å². The first-order chi connectivity index (χ1) is 9.29. The summed E-state index contributed by atoms with van der Waals surface area (Å²) in [5.74, 6) is -0.424. The van der Waals surface area contributed by atoms with Gasteiger partial charge in [-0.25, -0.2) is 0 Å². The zero-order valence-electron chi connectivity index (χ0n) is 13.3. The molecule has 0 amide bonds. The van der Waals surface area contributed by atoms with E-state index < -0.39 is 0 Å². The van der Waals surface area contributed by atoms with Crippen molar-refractivity contribution in [2.45, 2.75) is 47.6 Å². The molecule has 0 spiro atoms. The van der Waals surface area contributed by atoms with Gasteiger partial charge in [0.25, 0.3) is 0 Å². The summed E-state index contributed by atoms with van der Waals surface area (Å²) in [6.45, 7) is 10.8. The topological polar surface area (TPSA) is 52.6 Å². The van der Waals surface area contributed by atoms with Crippen molar-refractivity contribution in [2.75, 3.05) is 6.61 Å². The van der Waals surface area contributed by atoms with Crippen LogP contribution < -0.4 is 0 Å². The van der Waals surface area contributed by atoms with Crippen LogP contribution in [0.2, 0.25) is 0 Å². The summed E-state index contributed by atoms with van der Waals surface area (Å²) < 4.78 is 9.01. The molecule has 4 heteroatoms. The minimum absolute atomic E-state index is 0.0255. The van der Waals surface area contributed by atoms with E-state index in [-0.39, 0.29) is 18.0 Å². The quantitative estimate of drug-likeness (QED) is 0.779. The summed E-state index contributed by atoms with van der Waals surface area (Å²) in [6, 6.07) is 10.3. The highest BCUT2D eigenvalue weighted by Gasteiger charge is 1.93. The SMILES string of the molecule is CC(=O)OC(C)C.CCOC(C)=O.Cc1ccccc1. The van der Waals surface area contributed by atoms with Gasteiger partial charge in [-0.1, -0.05) is 35.9 Å². The summed E-state index contributed by atoms with van der Waals surface area (Å²) in [5.41, 5.74) is 1.32. The van der Waals surface area contributed by atoms with E-state index in [1.807, 2.05) is 32.0 Å². The zero-order valence-corrected chi connectivity index (χ0v) is 13.3. The molecule has 1 rings (SSSR count). The van der Waals surface area contributed by atoms with Crippen LogP contribution in [0.4, 0.5) is 0 Å². The number of rotatable bonds is 2. The van der Waals surface area contributed by atoms with Gasteiger partial charge in [0.2, 0.25) is 0 Å². The van der Waals surface area contributed by atoms with Crippen molar-refractivity contribution in [1.82, 2.24) is 0 Å². The van der Waals surface area contributed by atoms with Gasteiger partial charge in [0.1, 0.15) is 0 Å². The van der Waals surface area contributed by atoms with Gasteiger partial charge < -0.3 is 9.47 Å². The van der Waals surface area contributed by atoms with Crippen LogP contribution in [0.5, 0.6) is 0 Å². The Morgan fingerprint density at radius 2 is 1.55 bits per heavy atom. The number of hydrogen-bond donors (Lipinski definition) is 0. The third-order valence-electron chi connectivity index (χ3n) is 1.69. The van der Waals surface area contributed by atoms with E-state index in [4.69, 9.17) is 0 Å². The normalized spacial score (nSPS) is 8.55. The summed E-state index contributed by atoms with van der Waals surface area (Å²) in [4.78, 5) is 19.9. The van der Waals surface area contributed by atoms with Crippen molar-refractivity contribution in [1.29, 1.82) is 0 Å². The van der Waals surface area contributed by atoms with Crippen molar-refractivity contribution in [3.05, 3.63) is 35.9 Å². The molecule has 0 radical (unpaired) electrons. The number of hydrogen-bond acceptors (Lipinski definition) is 4. The smallest absolute Gasteiger partial charge is 0.302 e. The van der Waals surface area contributed by atoms with Gasteiger partial charge in [0.05, 0.1) is 12.7 Å². The molecule has 0 aliphatic carbocycles. The van der Waals surface area contributed by atoms with Crippen LogP contribution in [-0.4, -0.2) is 24.6 Å². The average molecular weight is 282 g/mol. The van der Waals surface area contributed by atoms with Gasteiger partial charge in [-0.15, -0.1) is 0 Å². The molecule has 0 N–H and O–H groups in total. The molecule has 0 atom stereocenters. The van der Waals surface area contributed by atoms with Crippen molar-refractivity contribution >= 4 is 11.9 Å². The molecule has 0 bridgehead atoms. The highest BCUT2D eigenvalue weighted by Crippen LogP contribution is 1.92. The summed E-state index contributed by atoms with van der Waals surface area (Å²) in [7, 11) is 0. The molecule has 0 heterocycles. The van der Waals surface area contributed by atoms with Crippen LogP contribution in [0.1, 0.15) is 40.2 Å². The fourth-order valence-corrected chi connectivity index (χ4v) is 1.07. The Morgan fingerprint density at radius 1 is 1.05 bits per heavy atom. The molecule has 20 heavy (non-hydrogen) atoms. The number of carbonyl (C=O) groups excluding carboxylic acids is 2. The lowest BCUT2D eigenvalue weighted by Gasteiger charge is -2.01. The van der Waals surface area contributed by atoms with Gasteiger partial charge >= 0.3 is 11.9 Å². The first-order valence-corrected chi connectivity index (χ1v) is 6.61. The number of aryl methyl sites for hydroxylation is 1. The Morgan fingerprint density at radius 3 is 1.65 bits per heavy atom. The minimum Gasteiger partial charge on any atom is -0.466 e. The number of esters is 2. The lowest BCUT2D eigenvalue weighted by atomic mass is 10.2. The average Bonchev–Trinajstić information content (AvgIpc) is 2.29. The van der Waals surface area contributed by atoms with Crippen LogP contribution >= 0.6 is 0 Å². The monoisotopic (exact) mass is 282 g/mol. The van der Waals surface area contributed by atoms with Crippen LogP contribution in [0.25, 0.3) is 0 Å². The van der Waals surface area contributed by atoms with E-state index in [0.717, 1.165) is 0 Å². The van der Waals surface area contributed by atoms with Crippen molar-refractivity contribution in [3.63, 3.8) is 0 Å². The fourth-order valence-electron chi connectivity index (χ4n) is 1.07. The van der Waals surface area contributed by atoms with E-state index >= 15 is 0 Å². The standard InChI is InChI=1S/C7H8.C5H10O2.C4H8O2/c1-7-5-3-2-4-6-7;1-4(2)7-5(3)6;1-3-6-4(2)5/h2-6H,1H3;4H,1-3H3;3H2,1-2H3. The molecule has 0 unspecified atom stereocenters. The van der Waals surface area contributed by atoms with E-state index in [0.29, 0.717) is 6.61 Å². The first-order valence-electron chi connectivity index (χ1n) is 6.61. The third-order valence-corrected chi connectivity index (χ3v) is 1.69. The van der Waals surface area contributed by atoms with E-state index in [1.54, 1.807) is 6.92 Å². The zero-order chi connectivity index (χ0) is 16.0. The second-order valence-electron chi connectivity index (χ2n) is 4.24. The predicted octanol–water partition coefficient (Wildman–Crippen LogP) is 3.52. The second-order valence-corrected chi connectivity index (χ2v) is 4.24.